The van der Waals surface area contributed by atoms with Crippen LogP contribution in [-0.4, -0.2) is 10.5 Å². The van der Waals surface area contributed by atoms with Crippen molar-refractivity contribution in [3.8, 4) is 11.5 Å². The third-order valence-electron chi connectivity index (χ3n) is 4.39. The maximum atomic E-state index is 12.7. The molecule has 144 valence electrons. The van der Waals surface area contributed by atoms with Gasteiger partial charge in [0.05, 0.1) is 11.2 Å². The molecule has 0 aliphatic heterocycles. The molecule has 0 unspecified atom stereocenters. The quantitative estimate of drug-likeness (QED) is 0.504. The maximum absolute atomic E-state index is 12.7. The first-order valence-corrected chi connectivity index (χ1v) is 9.38. The maximum Gasteiger partial charge on any atom is 0.244 e. The molecule has 0 radical (unpaired) electrons. The van der Waals surface area contributed by atoms with Crippen molar-refractivity contribution in [3.63, 3.8) is 0 Å². The van der Waals surface area contributed by atoms with E-state index in [-0.39, 0.29) is 17.9 Å². The zero-order valence-corrected chi connectivity index (χ0v) is 16.1. The van der Waals surface area contributed by atoms with Gasteiger partial charge in [0.1, 0.15) is 12.3 Å². The van der Waals surface area contributed by atoms with Crippen molar-refractivity contribution in [1.82, 2.24) is 4.57 Å². The fraction of sp³-hybridized carbons (Fsp3) is 0.0435. The van der Waals surface area contributed by atoms with E-state index in [9.17, 15) is 9.59 Å². The van der Waals surface area contributed by atoms with Gasteiger partial charge in [-0.15, -0.1) is 0 Å². The van der Waals surface area contributed by atoms with E-state index in [0.29, 0.717) is 33.1 Å². The van der Waals surface area contributed by atoms with Crippen LogP contribution in [0.5, 0.6) is 11.5 Å². The lowest BCUT2D eigenvalue weighted by Crippen LogP contribution is -2.20. The summed E-state index contributed by atoms with van der Waals surface area (Å²) >= 11 is 6.11. The Morgan fingerprint density at radius 2 is 1.72 bits per heavy atom. The number of hydrogen-bond donors (Lipinski definition) is 1. The molecular formula is C23H17ClN2O3. The third kappa shape index (κ3) is 4.31. The summed E-state index contributed by atoms with van der Waals surface area (Å²) in [7, 11) is 0. The van der Waals surface area contributed by atoms with Crippen molar-refractivity contribution in [2.45, 2.75) is 6.54 Å². The second kappa shape index (κ2) is 8.20. The first-order chi connectivity index (χ1) is 14.1. The Balaban J connectivity index is 1.58. The highest BCUT2D eigenvalue weighted by Gasteiger charge is 2.12. The summed E-state index contributed by atoms with van der Waals surface area (Å²) < 4.78 is 7.61. The summed E-state index contributed by atoms with van der Waals surface area (Å²) in [5.41, 5.74) is 1.09. The SMILES string of the molecule is O=C(Cn1ccc(=O)c2ccccc21)Nc1cc(Cl)ccc1Oc1ccccc1. The zero-order valence-electron chi connectivity index (χ0n) is 15.3. The number of nitrogens with zero attached hydrogens (tertiary/aromatic N) is 1. The van der Waals surface area contributed by atoms with Gasteiger partial charge in [0.2, 0.25) is 5.91 Å². The van der Waals surface area contributed by atoms with E-state index in [1.54, 1.807) is 41.1 Å². The largest absolute Gasteiger partial charge is 0.455 e. The number of nitrogens with one attached hydrogen (secondary N) is 1. The van der Waals surface area contributed by atoms with Crippen molar-refractivity contribution in [1.29, 1.82) is 0 Å². The fourth-order valence-electron chi connectivity index (χ4n) is 3.05. The fourth-order valence-corrected chi connectivity index (χ4v) is 3.22. The number of rotatable bonds is 5. The summed E-state index contributed by atoms with van der Waals surface area (Å²) in [6.07, 6.45) is 1.61. The molecule has 1 amide bonds. The number of ether oxygens (including phenoxy) is 1. The Morgan fingerprint density at radius 1 is 0.966 bits per heavy atom. The Labute approximate surface area is 172 Å². The minimum Gasteiger partial charge on any atom is -0.455 e. The molecule has 0 aliphatic carbocycles. The number of aromatic nitrogens is 1. The summed E-state index contributed by atoms with van der Waals surface area (Å²) in [6, 6.07) is 23.0. The van der Waals surface area contributed by atoms with Crippen molar-refractivity contribution in [2.24, 2.45) is 0 Å². The Bertz CT molecular complexity index is 1240. The Hall–Kier alpha value is -3.57. The van der Waals surface area contributed by atoms with Gasteiger partial charge in [-0.1, -0.05) is 41.9 Å². The molecule has 0 bridgehead atoms. The van der Waals surface area contributed by atoms with Gasteiger partial charge in [-0.05, 0) is 42.5 Å². The van der Waals surface area contributed by atoms with Gasteiger partial charge in [-0.25, -0.2) is 0 Å². The summed E-state index contributed by atoms with van der Waals surface area (Å²) in [4.78, 5) is 24.7. The topological polar surface area (TPSA) is 60.3 Å². The van der Waals surface area contributed by atoms with Crippen LogP contribution in [0.25, 0.3) is 10.9 Å². The second-order valence-corrected chi connectivity index (χ2v) is 6.87. The molecule has 3 aromatic carbocycles. The molecule has 0 atom stereocenters. The van der Waals surface area contributed by atoms with Crippen LogP contribution < -0.4 is 15.5 Å². The van der Waals surface area contributed by atoms with E-state index in [0.717, 1.165) is 0 Å². The summed E-state index contributed by atoms with van der Waals surface area (Å²) in [5, 5.41) is 3.90. The minimum atomic E-state index is -0.265. The smallest absolute Gasteiger partial charge is 0.244 e. The molecule has 1 aromatic heterocycles. The third-order valence-corrected chi connectivity index (χ3v) is 4.62. The van der Waals surface area contributed by atoms with Crippen molar-refractivity contribution < 1.29 is 9.53 Å². The molecule has 0 saturated heterocycles. The molecule has 4 aromatic rings. The molecule has 1 N–H and O–H groups in total. The van der Waals surface area contributed by atoms with E-state index in [1.165, 1.54) is 6.07 Å². The van der Waals surface area contributed by atoms with Crippen LogP contribution in [-0.2, 0) is 11.3 Å². The molecule has 1 heterocycles. The number of fused-ring (bicyclic) bond motifs is 1. The molecule has 4 rings (SSSR count). The number of carbonyl (C=O) groups is 1. The first kappa shape index (κ1) is 18.8. The highest BCUT2D eigenvalue weighted by atomic mass is 35.5. The van der Waals surface area contributed by atoms with Gasteiger partial charge < -0.3 is 14.6 Å². The van der Waals surface area contributed by atoms with E-state index in [2.05, 4.69) is 5.32 Å². The van der Waals surface area contributed by atoms with Crippen LogP contribution in [0.2, 0.25) is 5.02 Å². The number of amides is 1. The number of carbonyl (C=O) groups excluding carboxylic acids is 1. The molecular weight excluding hydrogens is 388 g/mol. The molecule has 29 heavy (non-hydrogen) atoms. The number of hydrogen-bond acceptors (Lipinski definition) is 3. The number of pyridine rings is 1. The average molecular weight is 405 g/mol. The summed E-state index contributed by atoms with van der Waals surface area (Å²) in [6.45, 7) is 0.0398. The molecule has 0 aliphatic rings. The normalized spacial score (nSPS) is 10.7. The minimum absolute atomic E-state index is 0.0398. The van der Waals surface area contributed by atoms with Crippen molar-refractivity contribution >= 4 is 34.1 Å². The van der Waals surface area contributed by atoms with Crippen LogP contribution in [0, 0.1) is 0 Å². The van der Waals surface area contributed by atoms with E-state index in [4.69, 9.17) is 16.3 Å². The lowest BCUT2D eigenvalue weighted by molar-refractivity contribution is -0.116. The van der Waals surface area contributed by atoms with Crippen LogP contribution >= 0.6 is 11.6 Å². The zero-order chi connectivity index (χ0) is 20.2. The number of benzene rings is 3. The van der Waals surface area contributed by atoms with Gasteiger partial charge in [0.15, 0.2) is 11.2 Å². The van der Waals surface area contributed by atoms with Crippen molar-refractivity contribution in [2.75, 3.05) is 5.32 Å². The molecule has 5 nitrogen and oxygen atoms in total. The van der Waals surface area contributed by atoms with Crippen molar-refractivity contribution in [3.05, 3.63) is 100 Å². The van der Waals surface area contributed by atoms with Gasteiger partial charge in [-0.2, -0.15) is 0 Å². The molecule has 0 spiro atoms. The van der Waals surface area contributed by atoms with Gasteiger partial charge in [0.25, 0.3) is 0 Å². The number of halogens is 1. The number of para-hydroxylation sites is 2. The Kier molecular flexibility index (Phi) is 5.31. The highest BCUT2D eigenvalue weighted by Crippen LogP contribution is 2.32. The van der Waals surface area contributed by atoms with Gasteiger partial charge in [0, 0.05) is 22.7 Å². The predicted octanol–water partition coefficient (Wildman–Crippen LogP) is 5.09. The number of anilines is 1. The average Bonchev–Trinajstić information content (AvgIpc) is 2.73. The predicted molar refractivity (Wildman–Crippen MR) is 115 cm³/mol. The van der Waals surface area contributed by atoms with Gasteiger partial charge >= 0.3 is 0 Å². The Morgan fingerprint density at radius 3 is 2.55 bits per heavy atom. The van der Waals surface area contributed by atoms with E-state index >= 15 is 0 Å². The van der Waals surface area contributed by atoms with E-state index < -0.39 is 0 Å². The van der Waals surface area contributed by atoms with Gasteiger partial charge in [-0.3, -0.25) is 9.59 Å². The first-order valence-electron chi connectivity index (χ1n) is 9.01. The lowest BCUT2D eigenvalue weighted by Gasteiger charge is -2.14. The monoisotopic (exact) mass is 404 g/mol. The van der Waals surface area contributed by atoms with Crippen LogP contribution in [0.15, 0.2) is 89.9 Å². The lowest BCUT2D eigenvalue weighted by atomic mass is 10.2. The molecule has 0 saturated carbocycles. The van der Waals surface area contributed by atoms with Crippen LogP contribution in [0.4, 0.5) is 5.69 Å². The summed E-state index contributed by atoms with van der Waals surface area (Å²) in [5.74, 6) is 0.870. The standard InChI is InChI=1S/C23H17ClN2O3/c24-16-10-11-22(29-17-6-2-1-3-7-17)19(14-16)25-23(28)15-26-13-12-21(27)18-8-4-5-9-20(18)26/h1-14H,15H2,(H,25,28). The molecule has 0 fully saturated rings. The van der Waals surface area contributed by atoms with E-state index in [1.807, 2.05) is 42.5 Å². The van der Waals surface area contributed by atoms with Crippen LogP contribution in [0.1, 0.15) is 0 Å². The highest BCUT2D eigenvalue weighted by molar-refractivity contribution is 6.31. The van der Waals surface area contributed by atoms with Crippen LogP contribution in [0.3, 0.4) is 0 Å². The molecule has 6 heteroatoms. The second-order valence-electron chi connectivity index (χ2n) is 6.43.